The average Bonchev–Trinajstić information content (AvgIpc) is 3.21. The molecule has 0 bridgehead atoms. The first-order valence-electron chi connectivity index (χ1n) is 9.83. The number of thiazole rings is 1. The second-order valence-corrected chi connectivity index (χ2v) is 8.53. The Morgan fingerprint density at radius 3 is 2.35 bits per heavy atom. The van der Waals surface area contributed by atoms with Crippen molar-refractivity contribution in [2.24, 2.45) is 0 Å². The SMILES string of the molecule is CCN(CC)CCN(C(=O)c1cccc(Br)c1)c1nc2c(OC)ccc(OC)c2s1.Cl. The van der Waals surface area contributed by atoms with Gasteiger partial charge in [-0.05, 0) is 43.4 Å². The molecule has 0 fully saturated rings. The van der Waals surface area contributed by atoms with Crippen LogP contribution in [0.2, 0.25) is 0 Å². The number of halogens is 2. The summed E-state index contributed by atoms with van der Waals surface area (Å²) in [5.74, 6) is 1.29. The van der Waals surface area contributed by atoms with E-state index in [0.717, 1.165) is 28.8 Å². The molecule has 6 nitrogen and oxygen atoms in total. The maximum absolute atomic E-state index is 13.5. The van der Waals surface area contributed by atoms with Crippen LogP contribution in [0.3, 0.4) is 0 Å². The van der Waals surface area contributed by atoms with E-state index in [1.807, 2.05) is 36.4 Å². The number of hydrogen-bond donors (Lipinski definition) is 0. The molecule has 0 aliphatic heterocycles. The largest absolute Gasteiger partial charge is 0.495 e. The lowest BCUT2D eigenvalue weighted by molar-refractivity contribution is 0.0983. The highest BCUT2D eigenvalue weighted by Gasteiger charge is 2.24. The molecule has 0 aliphatic rings. The van der Waals surface area contributed by atoms with Crippen LogP contribution in [0.15, 0.2) is 40.9 Å². The quantitative estimate of drug-likeness (QED) is 0.368. The molecule has 168 valence electrons. The van der Waals surface area contributed by atoms with E-state index >= 15 is 0 Å². The molecule has 3 aromatic rings. The topological polar surface area (TPSA) is 54.9 Å². The monoisotopic (exact) mass is 527 g/mol. The second-order valence-electron chi connectivity index (χ2n) is 6.64. The fraction of sp³-hybridized carbons (Fsp3) is 0.364. The molecule has 0 unspecified atom stereocenters. The molecule has 9 heteroatoms. The standard InChI is InChI=1S/C22H26BrN3O3S.ClH/c1-5-25(6-2)12-13-26(21(27)15-8-7-9-16(23)14-15)22-24-19-17(28-3)10-11-18(29-4)20(19)30-22;/h7-11,14H,5-6,12-13H2,1-4H3;1H. The molecule has 0 atom stereocenters. The maximum Gasteiger partial charge on any atom is 0.260 e. The number of likely N-dealkylation sites (N-methyl/N-ethyl adjacent to an activating group) is 1. The maximum atomic E-state index is 13.5. The molecule has 2 aromatic carbocycles. The van der Waals surface area contributed by atoms with Crippen LogP contribution in [0.1, 0.15) is 24.2 Å². The Bertz CT molecular complexity index is 985. The Morgan fingerprint density at radius 1 is 1.06 bits per heavy atom. The van der Waals surface area contributed by atoms with Crippen molar-refractivity contribution in [3.8, 4) is 11.5 Å². The Morgan fingerprint density at radius 2 is 1.74 bits per heavy atom. The van der Waals surface area contributed by atoms with Gasteiger partial charge in [0.1, 0.15) is 21.7 Å². The molecule has 0 N–H and O–H groups in total. The van der Waals surface area contributed by atoms with Gasteiger partial charge in [0, 0.05) is 23.1 Å². The number of anilines is 1. The van der Waals surface area contributed by atoms with Gasteiger partial charge in [0.05, 0.1) is 14.2 Å². The lowest BCUT2D eigenvalue weighted by atomic mass is 10.2. The average molecular weight is 529 g/mol. The molecular formula is C22H27BrClN3O3S. The third-order valence-electron chi connectivity index (χ3n) is 4.98. The minimum atomic E-state index is -0.0829. The van der Waals surface area contributed by atoms with E-state index in [-0.39, 0.29) is 18.3 Å². The van der Waals surface area contributed by atoms with Crippen molar-refractivity contribution in [1.82, 2.24) is 9.88 Å². The first-order chi connectivity index (χ1) is 14.5. The van der Waals surface area contributed by atoms with Gasteiger partial charge < -0.3 is 14.4 Å². The number of ether oxygens (including phenoxy) is 2. The number of hydrogen-bond acceptors (Lipinski definition) is 6. The van der Waals surface area contributed by atoms with Crippen molar-refractivity contribution in [2.45, 2.75) is 13.8 Å². The van der Waals surface area contributed by atoms with E-state index in [4.69, 9.17) is 14.5 Å². The van der Waals surface area contributed by atoms with Crippen LogP contribution in [-0.2, 0) is 0 Å². The molecule has 31 heavy (non-hydrogen) atoms. The number of carbonyl (C=O) groups excluding carboxylic acids is 1. The molecular weight excluding hydrogens is 502 g/mol. The summed E-state index contributed by atoms with van der Waals surface area (Å²) in [4.78, 5) is 22.3. The Hall–Kier alpha value is -1.87. The summed E-state index contributed by atoms with van der Waals surface area (Å²) < 4.78 is 12.7. The summed E-state index contributed by atoms with van der Waals surface area (Å²) in [6.07, 6.45) is 0. The normalized spacial score (nSPS) is 10.8. The number of fused-ring (bicyclic) bond motifs is 1. The van der Waals surface area contributed by atoms with Crippen molar-refractivity contribution >= 4 is 60.9 Å². The number of rotatable bonds is 9. The van der Waals surface area contributed by atoms with Gasteiger partial charge in [0.15, 0.2) is 5.13 Å². The van der Waals surface area contributed by atoms with E-state index in [9.17, 15) is 4.79 Å². The lowest BCUT2D eigenvalue weighted by Crippen LogP contribution is -2.38. The van der Waals surface area contributed by atoms with Gasteiger partial charge in [0.2, 0.25) is 0 Å². The number of nitrogens with zero attached hydrogens (tertiary/aromatic N) is 3. The van der Waals surface area contributed by atoms with Crippen LogP contribution < -0.4 is 14.4 Å². The third-order valence-corrected chi connectivity index (χ3v) is 6.57. The second kappa shape index (κ2) is 11.7. The minimum absolute atomic E-state index is 0. The zero-order valence-electron chi connectivity index (χ0n) is 18.1. The number of methoxy groups -OCH3 is 2. The van der Waals surface area contributed by atoms with Crippen molar-refractivity contribution < 1.29 is 14.3 Å². The van der Waals surface area contributed by atoms with Crippen molar-refractivity contribution in [2.75, 3.05) is 45.3 Å². The number of benzene rings is 2. The van der Waals surface area contributed by atoms with Gasteiger partial charge in [-0.1, -0.05) is 47.2 Å². The Labute approximate surface area is 201 Å². The highest BCUT2D eigenvalue weighted by molar-refractivity contribution is 9.10. The number of aromatic nitrogens is 1. The van der Waals surface area contributed by atoms with E-state index in [0.29, 0.717) is 34.3 Å². The van der Waals surface area contributed by atoms with Crippen LogP contribution in [0.5, 0.6) is 11.5 Å². The predicted molar refractivity (Wildman–Crippen MR) is 134 cm³/mol. The molecule has 0 aliphatic carbocycles. The fourth-order valence-electron chi connectivity index (χ4n) is 3.23. The van der Waals surface area contributed by atoms with Gasteiger partial charge in [-0.25, -0.2) is 4.98 Å². The van der Waals surface area contributed by atoms with E-state index in [1.165, 1.54) is 11.3 Å². The van der Waals surface area contributed by atoms with Crippen LogP contribution in [-0.4, -0.2) is 56.2 Å². The van der Waals surface area contributed by atoms with E-state index in [1.54, 1.807) is 19.1 Å². The molecule has 0 spiro atoms. The zero-order chi connectivity index (χ0) is 21.7. The van der Waals surface area contributed by atoms with Crippen molar-refractivity contribution in [3.05, 3.63) is 46.4 Å². The van der Waals surface area contributed by atoms with Gasteiger partial charge in [-0.2, -0.15) is 0 Å². The van der Waals surface area contributed by atoms with E-state index < -0.39 is 0 Å². The summed E-state index contributed by atoms with van der Waals surface area (Å²) in [5, 5.41) is 0.630. The first kappa shape index (κ1) is 25.4. The number of amides is 1. The molecule has 0 saturated heterocycles. The lowest BCUT2D eigenvalue weighted by Gasteiger charge is -2.24. The first-order valence-corrected chi connectivity index (χ1v) is 11.4. The summed E-state index contributed by atoms with van der Waals surface area (Å²) in [6.45, 7) is 7.40. The van der Waals surface area contributed by atoms with Gasteiger partial charge in [-0.15, -0.1) is 12.4 Å². The summed E-state index contributed by atoms with van der Waals surface area (Å²) in [5.41, 5.74) is 1.31. The van der Waals surface area contributed by atoms with Gasteiger partial charge >= 0.3 is 0 Å². The zero-order valence-corrected chi connectivity index (χ0v) is 21.3. The number of carbonyl (C=O) groups is 1. The molecule has 0 saturated carbocycles. The van der Waals surface area contributed by atoms with Crippen LogP contribution in [0, 0.1) is 0 Å². The van der Waals surface area contributed by atoms with Gasteiger partial charge in [-0.3, -0.25) is 9.69 Å². The van der Waals surface area contributed by atoms with Crippen LogP contribution in [0.4, 0.5) is 5.13 Å². The van der Waals surface area contributed by atoms with Gasteiger partial charge in [0.25, 0.3) is 5.91 Å². The summed E-state index contributed by atoms with van der Waals surface area (Å²) in [6, 6.07) is 11.1. The summed E-state index contributed by atoms with van der Waals surface area (Å²) >= 11 is 4.90. The van der Waals surface area contributed by atoms with Crippen LogP contribution in [0.25, 0.3) is 10.2 Å². The highest BCUT2D eigenvalue weighted by Crippen LogP contribution is 2.40. The third kappa shape index (κ3) is 5.68. The van der Waals surface area contributed by atoms with Crippen LogP contribution >= 0.6 is 39.7 Å². The molecule has 3 rings (SSSR count). The minimum Gasteiger partial charge on any atom is -0.495 e. The van der Waals surface area contributed by atoms with Crippen molar-refractivity contribution in [1.29, 1.82) is 0 Å². The fourth-order valence-corrected chi connectivity index (χ4v) is 4.73. The Balaban J connectivity index is 0.00000341. The molecule has 1 amide bonds. The predicted octanol–water partition coefficient (Wildman–Crippen LogP) is 5.49. The van der Waals surface area contributed by atoms with Crippen molar-refractivity contribution in [3.63, 3.8) is 0 Å². The molecule has 0 radical (unpaired) electrons. The summed E-state index contributed by atoms with van der Waals surface area (Å²) in [7, 11) is 3.25. The van der Waals surface area contributed by atoms with E-state index in [2.05, 4.69) is 34.7 Å². The highest BCUT2D eigenvalue weighted by atomic mass is 79.9. The Kier molecular flexibility index (Phi) is 9.55. The molecule has 1 aromatic heterocycles. The molecule has 1 heterocycles. The smallest absolute Gasteiger partial charge is 0.260 e.